The van der Waals surface area contributed by atoms with E-state index in [4.69, 9.17) is 11.5 Å². The summed E-state index contributed by atoms with van der Waals surface area (Å²) in [5, 5.41) is 4.02. The van der Waals surface area contributed by atoms with Gasteiger partial charge in [0.1, 0.15) is 0 Å². The van der Waals surface area contributed by atoms with Gasteiger partial charge in [-0.05, 0) is 17.7 Å². The van der Waals surface area contributed by atoms with Gasteiger partial charge in [-0.3, -0.25) is 5.32 Å². The van der Waals surface area contributed by atoms with Crippen LogP contribution >= 0.6 is 0 Å². The van der Waals surface area contributed by atoms with E-state index >= 15 is 0 Å². The van der Waals surface area contributed by atoms with Gasteiger partial charge in [0, 0.05) is 19.6 Å². The highest BCUT2D eigenvalue weighted by molar-refractivity contribution is 5.38. The highest BCUT2D eigenvalue weighted by Crippen LogP contribution is 2.13. The lowest BCUT2D eigenvalue weighted by atomic mass is 10.1. The second kappa shape index (κ2) is 4.09. The molecule has 3 nitrogen and oxygen atoms in total. The number of hydrogen-bond donors (Lipinski definition) is 2. The Morgan fingerprint density at radius 1 is 1.33 bits per heavy atom. The molecule has 12 heavy (non-hydrogen) atoms. The van der Waals surface area contributed by atoms with Crippen molar-refractivity contribution in [3.63, 3.8) is 0 Å². The first-order chi connectivity index (χ1) is 5.77. The Labute approximate surface area is 72.8 Å². The molecule has 0 aromatic heterocycles. The van der Waals surface area contributed by atoms with E-state index in [2.05, 4.69) is 5.32 Å². The predicted octanol–water partition coefficient (Wildman–Crippen LogP) is 0.511. The number of hydrogen-bond acceptors (Lipinski definition) is 2. The zero-order chi connectivity index (χ0) is 8.97. The van der Waals surface area contributed by atoms with Crippen LogP contribution in [-0.4, -0.2) is 13.6 Å². The van der Waals surface area contributed by atoms with Crippen LogP contribution in [0.25, 0.3) is 0 Å². The van der Waals surface area contributed by atoms with Crippen LogP contribution in [-0.2, 0) is 0 Å². The highest BCUT2D eigenvalue weighted by Gasteiger charge is 2.01. The van der Waals surface area contributed by atoms with Gasteiger partial charge >= 0.3 is 0 Å². The van der Waals surface area contributed by atoms with Gasteiger partial charge in [-0.1, -0.05) is 12.1 Å². The van der Waals surface area contributed by atoms with Crippen molar-refractivity contribution < 1.29 is 0 Å². The third kappa shape index (κ3) is 1.96. The normalized spacial score (nSPS) is 12.6. The van der Waals surface area contributed by atoms with Crippen LogP contribution in [0.5, 0.6) is 0 Å². The molecule has 65 valence electrons. The maximum Gasteiger partial charge on any atom is 0.0571 e. The van der Waals surface area contributed by atoms with Crippen molar-refractivity contribution in [1.82, 2.24) is 5.32 Å². The second-order valence-corrected chi connectivity index (χ2v) is 2.66. The predicted molar refractivity (Wildman–Crippen MR) is 50.1 cm³/mol. The average Bonchev–Trinajstić information content (AvgIpc) is 2.17. The Balaban J connectivity index is 2.77. The number of nitrogens with zero attached hydrogens (tertiary/aromatic N) is 1. The molecule has 1 unspecified atom stereocenters. The maximum absolute atomic E-state index is 5.73. The second-order valence-electron chi connectivity index (χ2n) is 2.66. The molecule has 0 aliphatic rings. The van der Waals surface area contributed by atoms with Gasteiger partial charge in [0.25, 0.3) is 0 Å². The van der Waals surface area contributed by atoms with E-state index in [0.29, 0.717) is 6.54 Å². The molecule has 1 radical (unpaired) electrons. The maximum atomic E-state index is 5.73. The topological polar surface area (TPSA) is 66.1 Å². The Morgan fingerprint density at radius 2 is 1.92 bits per heavy atom. The van der Waals surface area contributed by atoms with E-state index < -0.39 is 0 Å². The van der Waals surface area contributed by atoms with E-state index in [9.17, 15) is 0 Å². The Kier molecular flexibility index (Phi) is 3.08. The largest absolute Gasteiger partial charge is 0.329 e. The zero-order valence-electron chi connectivity index (χ0n) is 7.20. The van der Waals surface area contributed by atoms with E-state index in [0.717, 1.165) is 11.3 Å². The molecule has 0 saturated heterocycles. The molecule has 3 heteroatoms. The Hall–Kier alpha value is -1.06. The summed E-state index contributed by atoms with van der Waals surface area (Å²) in [6.07, 6.45) is 0. The van der Waals surface area contributed by atoms with Gasteiger partial charge in [0.05, 0.1) is 5.69 Å². The molecule has 0 aliphatic heterocycles. The molecule has 1 aromatic rings. The third-order valence-corrected chi connectivity index (χ3v) is 1.83. The molecule has 1 rings (SSSR count). The summed E-state index contributed by atoms with van der Waals surface area (Å²) in [6.45, 7) is 0.475. The van der Waals surface area contributed by atoms with Crippen molar-refractivity contribution in [2.75, 3.05) is 13.6 Å². The minimum atomic E-state index is -0.0593. The molecule has 0 bridgehead atoms. The fraction of sp³-hybridized carbons (Fsp3) is 0.333. The van der Waals surface area contributed by atoms with Gasteiger partial charge in [-0.2, -0.15) is 0 Å². The quantitative estimate of drug-likeness (QED) is 0.683. The van der Waals surface area contributed by atoms with Crippen molar-refractivity contribution in [2.24, 2.45) is 11.5 Å². The molecule has 1 atom stereocenters. The number of benzene rings is 1. The fourth-order valence-corrected chi connectivity index (χ4v) is 1.01. The molecule has 0 spiro atoms. The van der Waals surface area contributed by atoms with Crippen LogP contribution in [0.15, 0.2) is 24.3 Å². The van der Waals surface area contributed by atoms with Gasteiger partial charge in [0.15, 0.2) is 0 Å². The molecular weight excluding hydrogens is 150 g/mol. The van der Waals surface area contributed by atoms with Crippen molar-refractivity contribution in [2.45, 2.75) is 6.04 Å². The van der Waals surface area contributed by atoms with Crippen molar-refractivity contribution in [1.29, 1.82) is 0 Å². The smallest absolute Gasteiger partial charge is 0.0571 e. The first-order valence-corrected chi connectivity index (χ1v) is 3.93. The molecule has 0 saturated carbocycles. The van der Waals surface area contributed by atoms with Crippen LogP contribution in [0.1, 0.15) is 11.6 Å². The molecule has 0 amide bonds. The lowest BCUT2D eigenvalue weighted by Gasteiger charge is -2.08. The summed E-state index contributed by atoms with van der Waals surface area (Å²) < 4.78 is 0. The van der Waals surface area contributed by atoms with Gasteiger partial charge in [0.2, 0.25) is 0 Å². The fourth-order valence-electron chi connectivity index (χ4n) is 1.01. The molecule has 1 aromatic carbocycles. The molecular formula is C9H14N3. The minimum absolute atomic E-state index is 0.0593. The minimum Gasteiger partial charge on any atom is -0.329 e. The third-order valence-electron chi connectivity index (χ3n) is 1.83. The van der Waals surface area contributed by atoms with E-state index in [1.54, 1.807) is 7.05 Å². The summed E-state index contributed by atoms with van der Waals surface area (Å²) in [5.41, 5.74) is 13.2. The first-order valence-electron chi connectivity index (χ1n) is 3.93. The van der Waals surface area contributed by atoms with Crippen molar-refractivity contribution >= 4 is 5.69 Å². The summed E-state index contributed by atoms with van der Waals surface area (Å²) in [7, 11) is 1.76. The van der Waals surface area contributed by atoms with Crippen molar-refractivity contribution in [3.8, 4) is 0 Å². The van der Waals surface area contributed by atoms with Crippen LogP contribution in [0, 0.1) is 0 Å². The number of nitrogens with two attached hydrogens (primary N) is 2. The monoisotopic (exact) mass is 164 g/mol. The first kappa shape index (κ1) is 9.03. The Bertz CT molecular complexity index is 230. The zero-order valence-corrected chi connectivity index (χ0v) is 7.20. The molecule has 4 N–H and O–H groups in total. The standard InChI is InChI=1S/C9H14N3/c1-12-8-4-2-7(3-5-8)9(11)6-10/h2-5,9H,6,10-11H2,1H3. The average molecular weight is 164 g/mol. The lowest BCUT2D eigenvalue weighted by molar-refractivity contribution is 0.737. The summed E-state index contributed by atoms with van der Waals surface area (Å²) in [6, 6.07) is 7.73. The number of rotatable bonds is 3. The summed E-state index contributed by atoms with van der Waals surface area (Å²) in [4.78, 5) is 0. The SMILES string of the molecule is C[N]c1ccc(C(N)CN)cc1. The molecule has 0 aliphatic carbocycles. The lowest BCUT2D eigenvalue weighted by Crippen LogP contribution is -2.20. The highest BCUT2D eigenvalue weighted by atomic mass is 14.8. The Morgan fingerprint density at radius 3 is 2.33 bits per heavy atom. The van der Waals surface area contributed by atoms with Crippen molar-refractivity contribution in [3.05, 3.63) is 29.8 Å². The molecule has 0 fully saturated rings. The van der Waals surface area contributed by atoms with Crippen LogP contribution < -0.4 is 16.8 Å². The molecule has 0 heterocycles. The van der Waals surface area contributed by atoms with Gasteiger partial charge in [-0.25, -0.2) is 0 Å². The van der Waals surface area contributed by atoms with E-state index in [1.807, 2.05) is 24.3 Å². The van der Waals surface area contributed by atoms with Crippen LogP contribution in [0.3, 0.4) is 0 Å². The summed E-state index contributed by atoms with van der Waals surface area (Å²) in [5.74, 6) is 0. The summed E-state index contributed by atoms with van der Waals surface area (Å²) >= 11 is 0. The van der Waals surface area contributed by atoms with Gasteiger partial charge < -0.3 is 11.5 Å². The van der Waals surface area contributed by atoms with E-state index in [1.165, 1.54) is 0 Å². The van der Waals surface area contributed by atoms with Crippen LogP contribution in [0.4, 0.5) is 5.69 Å². The van der Waals surface area contributed by atoms with Gasteiger partial charge in [-0.15, -0.1) is 0 Å². The van der Waals surface area contributed by atoms with E-state index in [-0.39, 0.29) is 6.04 Å². The van der Waals surface area contributed by atoms with Crippen LogP contribution in [0.2, 0.25) is 0 Å².